The van der Waals surface area contributed by atoms with Crippen LogP contribution in [0.4, 0.5) is 5.69 Å². The van der Waals surface area contributed by atoms with Gasteiger partial charge in [0.05, 0.1) is 16.6 Å². The molecule has 1 N–H and O–H groups in total. The number of hydrogen-bond acceptors (Lipinski definition) is 3. The zero-order valence-electron chi connectivity index (χ0n) is 17.5. The van der Waals surface area contributed by atoms with Crippen LogP contribution in [0.5, 0.6) is 0 Å². The molecule has 1 aliphatic rings. The van der Waals surface area contributed by atoms with E-state index >= 15 is 0 Å². The Bertz CT molecular complexity index is 1160. The van der Waals surface area contributed by atoms with Crippen LogP contribution in [-0.4, -0.2) is 20.9 Å². The van der Waals surface area contributed by atoms with E-state index in [4.69, 9.17) is 0 Å². The van der Waals surface area contributed by atoms with Crippen molar-refractivity contribution in [3.05, 3.63) is 95.6 Å². The van der Waals surface area contributed by atoms with Gasteiger partial charge in [0.15, 0.2) is 0 Å². The fraction of sp³-hybridized carbons (Fsp3) is 0.240. The number of amides is 1. The van der Waals surface area contributed by atoms with Crippen LogP contribution in [0.3, 0.4) is 0 Å². The van der Waals surface area contributed by atoms with Crippen LogP contribution in [-0.2, 0) is 16.4 Å². The Morgan fingerprint density at radius 1 is 0.968 bits per heavy atom. The van der Waals surface area contributed by atoms with Gasteiger partial charge >= 0.3 is 0 Å². The van der Waals surface area contributed by atoms with Crippen LogP contribution in [0.25, 0.3) is 0 Å². The summed E-state index contributed by atoms with van der Waals surface area (Å²) in [6, 6.07) is 23.4. The van der Waals surface area contributed by atoms with Crippen LogP contribution < -0.4 is 9.62 Å². The Labute approximate surface area is 183 Å². The second kappa shape index (κ2) is 8.94. The summed E-state index contributed by atoms with van der Waals surface area (Å²) in [5.41, 5.74) is 3.51. The number of nitrogens with zero attached hydrogens (tertiary/aromatic N) is 1. The molecule has 0 saturated heterocycles. The fourth-order valence-electron chi connectivity index (χ4n) is 4.14. The summed E-state index contributed by atoms with van der Waals surface area (Å²) in [5, 5.41) is 3.11. The SMILES string of the molecule is CCN(c1ccccc1)S(=O)(=O)c1ccc(C(=O)N[C@H]2CCCc3ccccc32)cc1. The molecule has 0 spiro atoms. The van der Waals surface area contributed by atoms with Crippen molar-refractivity contribution in [3.8, 4) is 0 Å². The topological polar surface area (TPSA) is 66.5 Å². The zero-order chi connectivity index (χ0) is 21.8. The van der Waals surface area contributed by atoms with E-state index in [1.165, 1.54) is 27.6 Å². The molecular formula is C25H26N2O3S. The minimum atomic E-state index is -3.71. The van der Waals surface area contributed by atoms with E-state index < -0.39 is 10.0 Å². The van der Waals surface area contributed by atoms with E-state index in [0.717, 1.165) is 19.3 Å². The van der Waals surface area contributed by atoms with E-state index in [-0.39, 0.29) is 16.8 Å². The Balaban J connectivity index is 1.52. The van der Waals surface area contributed by atoms with E-state index in [9.17, 15) is 13.2 Å². The summed E-state index contributed by atoms with van der Waals surface area (Å²) >= 11 is 0. The lowest BCUT2D eigenvalue weighted by atomic mass is 9.87. The molecule has 0 heterocycles. The van der Waals surface area contributed by atoms with Gasteiger partial charge < -0.3 is 5.32 Å². The van der Waals surface area contributed by atoms with Crippen molar-refractivity contribution in [1.82, 2.24) is 5.32 Å². The second-order valence-electron chi connectivity index (χ2n) is 7.65. The van der Waals surface area contributed by atoms with Gasteiger partial charge in [0.25, 0.3) is 15.9 Å². The first-order chi connectivity index (χ1) is 15.0. The number of nitrogens with one attached hydrogen (secondary N) is 1. The maximum atomic E-state index is 13.1. The maximum absolute atomic E-state index is 13.1. The molecule has 0 saturated carbocycles. The van der Waals surface area contributed by atoms with E-state index in [0.29, 0.717) is 17.8 Å². The van der Waals surface area contributed by atoms with E-state index in [1.807, 2.05) is 30.3 Å². The number of sulfonamides is 1. The first kappa shape index (κ1) is 21.1. The van der Waals surface area contributed by atoms with Gasteiger partial charge in [-0.15, -0.1) is 0 Å². The minimum Gasteiger partial charge on any atom is -0.345 e. The predicted octanol–water partition coefficient (Wildman–Crippen LogP) is 4.71. The van der Waals surface area contributed by atoms with Crippen LogP contribution in [0.2, 0.25) is 0 Å². The molecule has 1 atom stereocenters. The first-order valence-corrected chi connectivity index (χ1v) is 12.0. The van der Waals surface area contributed by atoms with E-state index in [1.54, 1.807) is 31.2 Å². The number of para-hydroxylation sites is 1. The van der Waals surface area contributed by atoms with Crippen molar-refractivity contribution in [2.24, 2.45) is 0 Å². The molecule has 31 heavy (non-hydrogen) atoms. The largest absolute Gasteiger partial charge is 0.345 e. The van der Waals surface area contributed by atoms with Crippen molar-refractivity contribution in [1.29, 1.82) is 0 Å². The molecule has 0 fully saturated rings. The maximum Gasteiger partial charge on any atom is 0.264 e. The Morgan fingerprint density at radius 2 is 1.65 bits per heavy atom. The van der Waals surface area contributed by atoms with Crippen LogP contribution in [0.1, 0.15) is 47.3 Å². The third-order valence-corrected chi connectivity index (χ3v) is 7.63. The standard InChI is InChI=1S/C25H26N2O3S/c1-2-27(21-11-4-3-5-12-21)31(29,30)22-17-15-20(16-18-22)25(28)26-24-14-8-10-19-9-6-7-13-23(19)24/h3-7,9,11-13,15-18,24H,2,8,10,14H2,1H3,(H,26,28)/t24-/m0/s1. The molecule has 1 aliphatic carbocycles. The Morgan fingerprint density at radius 3 is 2.35 bits per heavy atom. The van der Waals surface area contributed by atoms with E-state index in [2.05, 4.69) is 17.4 Å². The van der Waals surface area contributed by atoms with Gasteiger partial charge in [-0.1, -0.05) is 42.5 Å². The van der Waals surface area contributed by atoms with Crippen molar-refractivity contribution in [2.75, 3.05) is 10.8 Å². The number of rotatable bonds is 6. The predicted molar refractivity (Wildman–Crippen MR) is 123 cm³/mol. The van der Waals surface area contributed by atoms with Gasteiger partial charge in [-0.25, -0.2) is 8.42 Å². The zero-order valence-corrected chi connectivity index (χ0v) is 18.3. The van der Waals surface area contributed by atoms with Crippen LogP contribution >= 0.6 is 0 Å². The minimum absolute atomic E-state index is 0.0190. The molecule has 3 aromatic rings. The average Bonchev–Trinajstić information content (AvgIpc) is 2.80. The summed E-state index contributed by atoms with van der Waals surface area (Å²) in [6.45, 7) is 2.12. The highest BCUT2D eigenvalue weighted by atomic mass is 32.2. The second-order valence-corrected chi connectivity index (χ2v) is 9.51. The van der Waals surface area contributed by atoms with Crippen molar-refractivity contribution >= 4 is 21.6 Å². The first-order valence-electron chi connectivity index (χ1n) is 10.6. The average molecular weight is 435 g/mol. The lowest BCUT2D eigenvalue weighted by Gasteiger charge is -2.26. The van der Waals surface area contributed by atoms with Gasteiger partial charge in [-0.05, 0) is 73.7 Å². The normalized spacial score (nSPS) is 15.7. The number of aryl methyl sites for hydroxylation is 1. The highest BCUT2D eigenvalue weighted by Crippen LogP contribution is 2.30. The molecule has 4 rings (SSSR count). The molecule has 0 unspecified atom stereocenters. The molecule has 1 amide bonds. The smallest absolute Gasteiger partial charge is 0.264 e. The van der Waals surface area contributed by atoms with Gasteiger partial charge in [0.2, 0.25) is 0 Å². The van der Waals surface area contributed by atoms with Crippen LogP contribution in [0.15, 0.2) is 83.8 Å². The Hall–Kier alpha value is -3.12. The summed E-state index contributed by atoms with van der Waals surface area (Å²) < 4.78 is 27.6. The van der Waals surface area contributed by atoms with Gasteiger partial charge in [-0.2, -0.15) is 0 Å². The number of anilines is 1. The molecule has 3 aromatic carbocycles. The lowest BCUT2D eigenvalue weighted by molar-refractivity contribution is 0.0932. The summed E-state index contributed by atoms with van der Waals surface area (Å²) in [7, 11) is -3.71. The third-order valence-electron chi connectivity index (χ3n) is 5.71. The molecule has 5 nitrogen and oxygen atoms in total. The fourth-order valence-corrected chi connectivity index (χ4v) is 5.61. The molecule has 160 valence electrons. The quantitative estimate of drug-likeness (QED) is 0.611. The Kier molecular flexibility index (Phi) is 6.09. The lowest BCUT2D eigenvalue weighted by Crippen LogP contribution is -2.31. The van der Waals surface area contributed by atoms with Crippen LogP contribution in [0, 0.1) is 0 Å². The highest BCUT2D eigenvalue weighted by Gasteiger charge is 2.25. The molecule has 0 aromatic heterocycles. The number of benzene rings is 3. The third kappa shape index (κ3) is 4.35. The summed E-state index contributed by atoms with van der Waals surface area (Å²) in [4.78, 5) is 13.0. The number of carbonyl (C=O) groups is 1. The van der Waals surface area contributed by atoms with Gasteiger partial charge in [-0.3, -0.25) is 9.10 Å². The summed E-state index contributed by atoms with van der Waals surface area (Å²) in [5.74, 6) is -0.193. The van der Waals surface area contributed by atoms with Gasteiger partial charge in [0, 0.05) is 12.1 Å². The molecule has 0 aliphatic heterocycles. The van der Waals surface area contributed by atoms with Crippen molar-refractivity contribution in [3.63, 3.8) is 0 Å². The molecule has 0 bridgehead atoms. The molecule has 0 radical (unpaired) electrons. The van der Waals surface area contributed by atoms with Gasteiger partial charge in [0.1, 0.15) is 0 Å². The highest BCUT2D eigenvalue weighted by molar-refractivity contribution is 7.92. The number of carbonyl (C=O) groups excluding carboxylic acids is 1. The monoisotopic (exact) mass is 434 g/mol. The summed E-state index contributed by atoms with van der Waals surface area (Å²) in [6.07, 6.45) is 2.97. The molecule has 6 heteroatoms. The molecular weight excluding hydrogens is 408 g/mol. The van der Waals surface area contributed by atoms with Crippen molar-refractivity contribution in [2.45, 2.75) is 37.1 Å². The van der Waals surface area contributed by atoms with Crippen molar-refractivity contribution < 1.29 is 13.2 Å². The number of fused-ring (bicyclic) bond motifs is 1. The number of hydrogen-bond donors (Lipinski definition) is 1.